The van der Waals surface area contributed by atoms with E-state index < -0.39 is 0 Å². The minimum Gasteiger partial charge on any atom is -0.375 e. The third-order valence-electron chi connectivity index (χ3n) is 3.20. The maximum Gasteiger partial charge on any atom is 0.0662 e. The molecule has 74 valence electrons. The Hall–Kier alpha value is -0.730. The monoisotopic (exact) mass is 183 g/mol. The number of hydrogen-bond acceptors (Lipinski definition) is 2. The van der Waals surface area contributed by atoms with Crippen molar-refractivity contribution in [3.05, 3.63) is 10.4 Å². The van der Waals surface area contributed by atoms with Crippen LogP contribution in [-0.2, 0) is 4.74 Å². The van der Waals surface area contributed by atoms with Crippen LogP contribution in [0.4, 0.5) is 0 Å². The van der Waals surface area contributed by atoms with Crippen LogP contribution in [0.1, 0.15) is 27.7 Å². The molecule has 1 saturated heterocycles. The van der Waals surface area contributed by atoms with Crippen molar-refractivity contribution < 1.29 is 4.74 Å². The summed E-state index contributed by atoms with van der Waals surface area (Å²) in [6.45, 7) is 8.31. The molecule has 4 nitrogen and oxygen atoms in total. The molecule has 1 aliphatic rings. The molecule has 13 heavy (non-hydrogen) atoms. The Kier molecular flexibility index (Phi) is 3.17. The van der Waals surface area contributed by atoms with E-state index in [-0.39, 0.29) is 18.2 Å². The van der Waals surface area contributed by atoms with Gasteiger partial charge in [0.15, 0.2) is 0 Å². The summed E-state index contributed by atoms with van der Waals surface area (Å²) in [5, 5.41) is 3.79. The zero-order valence-electron chi connectivity index (χ0n) is 8.64. The summed E-state index contributed by atoms with van der Waals surface area (Å²) in [6, 6.07) is -0.0174. The molecule has 0 aromatic heterocycles. The highest BCUT2D eigenvalue weighted by Crippen LogP contribution is 2.32. The molecule has 0 aliphatic carbocycles. The van der Waals surface area contributed by atoms with Gasteiger partial charge < -0.3 is 4.74 Å². The van der Waals surface area contributed by atoms with E-state index in [1.54, 1.807) is 0 Å². The number of azide groups is 1. The van der Waals surface area contributed by atoms with Gasteiger partial charge >= 0.3 is 0 Å². The van der Waals surface area contributed by atoms with Gasteiger partial charge in [-0.15, -0.1) is 0 Å². The Labute approximate surface area is 78.9 Å². The Morgan fingerprint density at radius 1 is 1.08 bits per heavy atom. The lowest BCUT2D eigenvalue weighted by atomic mass is 9.81. The summed E-state index contributed by atoms with van der Waals surface area (Å²) >= 11 is 0. The lowest BCUT2D eigenvalue weighted by Crippen LogP contribution is -2.45. The second-order valence-corrected chi connectivity index (χ2v) is 3.96. The van der Waals surface area contributed by atoms with Crippen LogP contribution in [0.3, 0.4) is 0 Å². The summed E-state index contributed by atoms with van der Waals surface area (Å²) < 4.78 is 5.67. The van der Waals surface area contributed by atoms with E-state index in [0.717, 1.165) is 0 Å². The fourth-order valence-corrected chi connectivity index (χ4v) is 1.97. The molecule has 0 aromatic carbocycles. The fraction of sp³-hybridized carbons (Fsp3) is 1.00. The van der Waals surface area contributed by atoms with Crippen LogP contribution in [0, 0.1) is 11.8 Å². The molecular formula is C9H17N3O. The first-order chi connectivity index (χ1) is 6.07. The van der Waals surface area contributed by atoms with E-state index in [1.165, 1.54) is 0 Å². The summed E-state index contributed by atoms with van der Waals surface area (Å²) in [7, 11) is 0. The van der Waals surface area contributed by atoms with Gasteiger partial charge in [-0.3, -0.25) is 0 Å². The van der Waals surface area contributed by atoms with Crippen molar-refractivity contribution in [3.8, 4) is 0 Å². The second kappa shape index (κ2) is 3.99. The highest BCUT2D eigenvalue weighted by atomic mass is 16.5. The first-order valence-electron chi connectivity index (χ1n) is 4.77. The van der Waals surface area contributed by atoms with Crippen molar-refractivity contribution in [1.29, 1.82) is 0 Å². The lowest BCUT2D eigenvalue weighted by molar-refractivity contribution is -0.0952. The number of ether oxygens (including phenoxy) is 1. The van der Waals surface area contributed by atoms with Crippen LogP contribution in [0.5, 0.6) is 0 Å². The van der Waals surface area contributed by atoms with Crippen molar-refractivity contribution >= 4 is 0 Å². The average molecular weight is 183 g/mol. The quantitative estimate of drug-likeness (QED) is 0.350. The highest BCUT2D eigenvalue weighted by molar-refractivity contribution is 4.89. The van der Waals surface area contributed by atoms with Gasteiger partial charge in [0, 0.05) is 4.91 Å². The van der Waals surface area contributed by atoms with E-state index in [2.05, 4.69) is 30.8 Å². The van der Waals surface area contributed by atoms with Gasteiger partial charge in [-0.05, 0) is 31.2 Å². The predicted octanol–water partition coefficient (Wildman–Crippen LogP) is 2.74. The Morgan fingerprint density at radius 3 is 2.23 bits per heavy atom. The molecule has 1 fully saturated rings. The molecule has 5 unspecified atom stereocenters. The molecule has 0 amide bonds. The van der Waals surface area contributed by atoms with Crippen LogP contribution in [-0.4, -0.2) is 18.2 Å². The van der Waals surface area contributed by atoms with Gasteiger partial charge in [0.25, 0.3) is 0 Å². The van der Waals surface area contributed by atoms with Crippen molar-refractivity contribution in [2.24, 2.45) is 17.0 Å². The highest BCUT2D eigenvalue weighted by Gasteiger charge is 2.36. The van der Waals surface area contributed by atoms with Crippen LogP contribution in [0.25, 0.3) is 10.4 Å². The molecule has 1 rings (SSSR count). The van der Waals surface area contributed by atoms with Gasteiger partial charge in [-0.25, -0.2) is 0 Å². The molecule has 0 N–H and O–H groups in total. The van der Waals surface area contributed by atoms with Crippen LogP contribution in [0.15, 0.2) is 5.11 Å². The van der Waals surface area contributed by atoms with E-state index in [9.17, 15) is 0 Å². The topological polar surface area (TPSA) is 58.0 Å². The fourth-order valence-electron chi connectivity index (χ4n) is 1.97. The van der Waals surface area contributed by atoms with Gasteiger partial charge in [0.05, 0.1) is 18.2 Å². The largest absolute Gasteiger partial charge is 0.375 e. The summed E-state index contributed by atoms with van der Waals surface area (Å²) in [5.41, 5.74) is 8.41. The van der Waals surface area contributed by atoms with E-state index in [0.29, 0.717) is 11.8 Å². The number of rotatable bonds is 1. The molecule has 0 saturated carbocycles. The van der Waals surface area contributed by atoms with E-state index in [1.807, 2.05) is 6.92 Å². The van der Waals surface area contributed by atoms with Crippen LogP contribution >= 0.6 is 0 Å². The number of nitrogens with zero attached hydrogens (tertiary/aromatic N) is 3. The normalized spacial score (nSPS) is 45.4. The minimum atomic E-state index is -0.0174. The van der Waals surface area contributed by atoms with Crippen molar-refractivity contribution in [2.45, 2.75) is 45.9 Å². The van der Waals surface area contributed by atoms with Gasteiger partial charge in [-0.1, -0.05) is 19.0 Å². The molecule has 1 aliphatic heterocycles. The smallest absolute Gasteiger partial charge is 0.0662 e. The molecular weight excluding hydrogens is 166 g/mol. The van der Waals surface area contributed by atoms with Crippen LogP contribution < -0.4 is 0 Å². The standard InChI is InChI=1S/C9H17N3O/c1-5-6(2)9(11-12-10)8(4)13-7(5)3/h5-9H,1-4H3. The lowest BCUT2D eigenvalue weighted by Gasteiger charge is -2.40. The van der Waals surface area contributed by atoms with E-state index >= 15 is 0 Å². The molecule has 4 heteroatoms. The number of hydrogen-bond donors (Lipinski definition) is 0. The minimum absolute atomic E-state index is 0.0174. The average Bonchev–Trinajstić information content (AvgIpc) is 2.09. The third kappa shape index (κ3) is 1.95. The molecule has 0 radical (unpaired) electrons. The van der Waals surface area contributed by atoms with Crippen molar-refractivity contribution in [1.82, 2.24) is 0 Å². The Bertz CT molecular complexity index is 225. The maximum absolute atomic E-state index is 8.41. The molecule has 0 aromatic rings. The zero-order chi connectivity index (χ0) is 10.0. The Morgan fingerprint density at radius 2 is 1.69 bits per heavy atom. The van der Waals surface area contributed by atoms with Crippen molar-refractivity contribution in [3.63, 3.8) is 0 Å². The van der Waals surface area contributed by atoms with Gasteiger partial charge in [0.2, 0.25) is 0 Å². The third-order valence-corrected chi connectivity index (χ3v) is 3.20. The predicted molar refractivity (Wildman–Crippen MR) is 51.3 cm³/mol. The zero-order valence-corrected chi connectivity index (χ0v) is 8.64. The second-order valence-electron chi connectivity index (χ2n) is 3.96. The van der Waals surface area contributed by atoms with Gasteiger partial charge in [0.1, 0.15) is 0 Å². The Balaban J connectivity index is 2.78. The molecule has 5 atom stereocenters. The summed E-state index contributed by atoms with van der Waals surface area (Å²) in [6.07, 6.45) is 0.298. The summed E-state index contributed by atoms with van der Waals surface area (Å²) in [4.78, 5) is 2.86. The maximum atomic E-state index is 8.41. The molecule has 0 bridgehead atoms. The molecule has 0 spiro atoms. The van der Waals surface area contributed by atoms with Crippen molar-refractivity contribution in [2.75, 3.05) is 0 Å². The summed E-state index contributed by atoms with van der Waals surface area (Å²) in [5.74, 6) is 0.848. The first kappa shape index (κ1) is 10.4. The van der Waals surface area contributed by atoms with E-state index in [4.69, 9.17) is 10.3 Å². The van der Waals surface area contributed by atoms with Gasteiger partial charge in [-0.2, -0.15) is 0 Å². The SMILES string of the molecule is CC1OC(C)C(N=[N+]=[N-])C(C)C1C. The molecule has 1 heterocycles. The van der Waals surface area contributed by atoms with Crippen LogP contribution in [0.2, 0.25) is 0 Å². The first-order valence-corrected chi connectivity index (χ1v) is 4.77.